The standard InChI is InChI=1S/C15H13NO2.C13H12O2.C8H11NO2.ClH/c16-10-11-17-14-6-8-15(9-7-14)18-12-13-4-2-1-3-5-13;14-12-6-8-13(9-7-12)15-10-11-4-2-1-3-5-11;9-6-11-5-7-1-3-8(10)4-2-7;/h1-9H,11-12H2;1-9,14H,10H2;1-4,10H,5-6,9H2;1H. The van der Waals surface area contributed by atoms with Crippen molar-refractivity contribution in [3.05, 3.63) is 150 Å². The first-order chi connectivity index (χ1) is 21.6. The number of benzene rings is 5. The number of nitrogens with two attached hydrogens (primary N) is 1. The number of rotatable bonds is 11. The minimum atomic E-state index is 0. The van der Waals surface area contributed by atoms with E-state index in [0.717, 1.165) is 28.2 Å². The molecule has 0 aliphatic carbocycles. The highest BCUT2D eigenvalue weighted by Gasteiger charge is 1.98. The Morgan fingerprint density at radius 1 is 0.511 bits per heavy atom. The van der Waals surface area contributed by atoms with Crippen LogP contribution in [0.2, 0.25) is 0 Å². The van der Waals surface area contributed by atoms with Gasteiger partial charge in [0.25, 0.3) is 0 Å². The fourth-order valence-corrected chi connectivity index (χ4v) is 3.54. The Morgan fingerprint density at radius 3 is 1.31 bits per heavy atom. The number of aromatic hydroxyl groups is 2. The average Bonchev–Trinajstić information content (AvgIpc) is 3.08. The third-order valence-corrected chi connectivity index (χ3v) is 5.78. The van der Waals surface area contributed by atoms with E-state index < -0.39 is 0 Å². The summed E-state index contributed by atoms with van der Waals surface area (Å²) in [4.78, 5) is 0. The predicted molar refractivity (Wildman–Crippen MR) is 176 cm³/mol. The van der Waals surface area contributed by atoms with E-state index in [-0.39, 0.29) is 37.2 Å². The molecule has 4 N–H and O–H groups in total. The van der Waals surface area contributed by atoms with Gasteiger partial charge in [-0.25, -0.2) is 0 Å². The molecule has 0 fully saturated rings. The molecule has 9 heteroatoms. The highest BCUT2D eigenvalue weighted by Crippen LogP contribution is 2.19. The summed E-state index contributed by atoms with van der Waals surface area (Å²) in [5.74, 6) is 2.73. The van der Waals surface area contributed by atoms with Gasteiger partial charge in [-0.05, 0) is 77.4 Å². The molecule has 0 spiro atoms. The van der Waals surface area contributed by atoms with Gasteiger partial charge in [0.2, 0.25) is 0 Å². The SMILES string of the molecule is Cl.N#CCOc1ccc(OCc2ccccc2)cc1.NCOCc1ccc(O)cc1.Oc1ccc(OCc2ccccc2)cc1. The monoisotopic (exact) mass is 628 g/mol. The third-order valence-electron chi connectivity index (χ3n) is 5.78. The zero-order valence-corrected chi connectivity index (χ0v) is 25.5. The van der Waals surface area contributed by atoms with Crippen LogP contribution in [0.25, 0.3) is 0 Å². The maximum absolute atomic E-state index is 9.09. The van der Waals surface area contributed by atoms with Gasteiger partial charge in [-0.2, -0.15) is 5.26 Å². The zero-order chi connectivity index (χ0) is 31.2. The summed E-state index contributed by atoms with van der Waals surface area (Å²) in [5.41, 5.74) is 8.40. The highest BCUT2D eigenvalue weighted by molar-refractivity contribution is 5.85. The lowest BCUT2D eigenvalue weighted by atomic mass is 10.2. The molecule has 0 aliphatic rings. The smallest absolute Gasteiger partial charge is 0.174 e. The van der Waals surface area contributed by atoms with Crippen LogP contribution in [0.4, 0.5) is 0 Å². The zero-order valence-electron chi connectivity index (χ0n) is 24.7. The lowest BCUT2D eigenvalue weighted by molar-refractivity contribution is 0.127. The summed E-state index contributed by atoms with van der Waals surface area (Å²) in [7, 11) is 0. The van der Waals surface area contributed by atoms with Crippen molar-refractivity contribution in [2.45, 2.75) is 19.8 Å². The Morgan fingerprint density at radius 2 is 0.889 bits per heavy atom. The molecule has 0 bridgehead atoms. The molecule has 5 aromatic carbocycles. The second-order valence-electron chi connectivity index (χ2n) is 9.14. The fraction of sp³-hybridized carbons (Fsp3) is 0.139. The van der Waals surface area contributed by atoms with Gasteiger partial charge in [-0.15, -0.1) is 12.4 Å². The van der Waals surface area contributed by atoms with E-state index in [2.05, 4.69) is 0 Å². The minimum absolute atomic E-state index is 0. The van der Waals surface area contributed by atoms with Crippen LogP contribution in [0.5, 0.6) is 28.7 Å². The summed E-state index contributed by atoms with van der Waals surface area (Å²) in [6.07, 6.45) is 0. The molecule has 0 aromatic heterocycles. The predicted octanol–water partition coefficient (Wildman–Crippen LogP) is 7.39. The van der Waals surface area contributed by atoms with Crippen molar-refractivity contribution in [2.75, 3.05) is 13.3 Å². The summed E-state index contributed by atoms with van der Waals surface area (Å²) in [6, 6.07) is 42.7. The van der Waals surface area contributed by atoms with Crippen LogP contribution >= 0.6 is 12.4 Å². The first kappa shape index (κ1) is 36.0. The quantitative estimate of drug-likeness (QED) is 0.129. The second-order valence-corrected chi connectivity index (χ2v) is 9.14. The molecule has 0 amide bonds. The van der Waals surface area contributed by atoms with Crippen LogP contribution in [0.3, 0.4) is 0 Å². The van der Waals surface area contributed by atoms with Crippen LogP contribution in [-0.2, 0) is 24.6 Å². The molecule has 234 valence electrons. The van der Waals surface area contributed by atoms with Gasteiger partial charge in [-0.1, -0.05) is 72.8 Å². The van der Waals surface area contributed by atoms with Crippen molar-refractivity contribution < 1.29 is 29.2 Å². The maximum atomic E-state index is 9.09. The van der Waals surface area contributed by atoms with Crippen LogP contribution in [-0.4, -0.2) is 23.6 Å². The molecule has 0 radical (unpaired) electrons. The van der Waals surface area contributed by atoms with E-state index in [9.17, 15) is 0 Å². The molecule has 0 saturated heterocycles. The molecular formula is C36H37ClN2O6. The second kappa shape index (κ2) is 21.5. The summed E-state index contributed by atoms with van der Waals surface area (Å²) in [5, 5.41) is 26.4. The molecule has 45 heavy (non-hydrogen) atoms. The Labute approximate surface area is 270 Å². The van der Waals surface area contributed by atoms with Crippen molar-refractivity contribution in [3.63, 3.8) is 0 Å². The van der Waals surface area contributed by atoms with Crippen molar-refractivity contribution >= 4 is 12.4 Å². The van der Waals surface area contributed by atoms with E-state index in [0.29, 0.717) is 25.6 Å². The van der Waals surface area contributed by atoms with Crippen LogP contribution in [0.1, 0.15) is 16.7 Å². The Balaban J connectivity index is 0.000000239. The van der Waals surface area contributed by atoms with Crippen LogP contribution in [0.15, 0.2) is 133 Å². The van der Waals surface area contributed by atoms with Gasteiger partial charge in [-0.3, -0.25) is 0 Å². The number of hydrogen-bond acceptors (Lipinski definition) is 8. The van der Waals surface area contributed by atoms with Crippen molar-refractivity contribution in [2.24, 2.45) is 5.73 Å². The highest BCUT2D eigenvalue weighted by atomic mass is 35.5. The molecule has 0 saturated carbocycles. The molecule has 0 atom stereocenters. The van der Waals surface area contributed by atoms with E-state index >= 15 is 0 Å². The number of phenolic OH excluding ortho intramolecular Hbond substituents is 2. The number of halogens is 1. The maximum Gasteiger partial charge on any atom is 0.174 e. The molecule has 5 aromatic rings. The first-order valence-electron chi connectivity index (χ1n) is 13.8. The molecular weight excluding hydrogens is 592 g/mol. The van der Waals surface area contributed by atoms with E-state index in [1.807, 2.05) is 78.9 Å². The van der Waals surface area contributed by atoms with Gasteiger partial charge in [0, 0.05) is 0 Å². The van der Waals surface area contributed by atoms with Gasteiger partial charge < -0.3 is 34.9 Å². The topological polar surface area (TPSA) is 127 Å². The van der Waals surface area contributed by atoms with Gasteiger partial charge in [0.05, 0.1) is 13.3 Å². The fourth-order valence-electron chi connectivity index (χ4n) is 3.54. The molecule has 0 unspecified atom stereocenters. The molecule has 0 aliphatic heterocycles. The van der Waals surface area contributed by atoms with Gasteiger partial charge >= 0.3 is 0 Å². The van der Waals surface area contributed by atoms with Crippen molar-refractivity contribution in [1.29, 1.82) is 5.26 Å². The van der Waals surface area contributed by atoms with Gasteiger partial charge in [0.15, 0.2) is 6.61 Å². The number of phenols is 2. The molecule has 5 rings (SSSR count). The van der Waals surface area contributed by atoms with Crippen LogP contribution in [0, 0.1) is 11.3 Å². The first-order valence-corrected chi connectivity index (χ1v) is 13.8. The number of nitriles is 1. The largest absolute Gasteiger partial charge is 0.508 e. The van der Waals surface area contributed by atoms with Crippen LogP contribution < -0.4 is 19.9 Å². The summed E-state index contributed by atoms with van der Waals surface area (Å²) < 4.78 is 21.3. The Kier molecular flexibility index (Phi) is 17.2. The van der Waals surface area contributed by atoms with Crippen molar-refractivity contribution in [3.8, 4) is 34.8 Å². The lowest BCUT2D eigenvalue weighted by Crippen LogP contribution is -2.03. The lowest BCUT2D eigenvalue weighted by Gasteiger charge is -2.07. The Hall–Kier alpha value is -5.20. The number of hydrogen-bond donors (Lipinski definition) is 3. The van der Waals surface area contributed by atoms with E-state index in [1.165, 1.54) is 0 Å². The number of ether oxygens (including phenoxy) is 4. The summed E-state index contributed by atoms with van der Waals surface area (Å²) in [6.45, 7) is 1.87. The van der Waals surface area contributed by atoms with E-state index in [4.69, 9.17) is 40.2 Å². The normalized spacial score (nSPS) is 9.51. The molecule has 0 heterocycles. The Bertz CT molecular complexity index is 1500. The average molecular weight is 629 g/mol. The third kappa shape index (κ3) is 15.2. The van der Waals surface area contributed by atoms with E-state index in [1.54, 1.807) is 60.7 Å². The van der Waals surface area contributed by atoms with Gasteiger partial charge in [0.1, 0.15) is 48.0 Å². The summed E-state index contributed by atoms with van der Waals surface area (Å²) >= 11 is 0. The minimum Gasteiger partial charge on any atom is -0.508 e. The number of nitrogens with zero attached hydrogens (tertiary/aromatic N) is 1. The molecule has 8 nitrogen and oxygen atoms in total. The van der Waals surface area contributed by atoms with Crippen molar-refractivity contribution in [1.82, 2.24) is 0 Å².